The van der Waals surface area contributed by atoms with Crippen molar-refractivity contribution in [3.05, 3.63) is 77.3 Å². The Labute approximate surface area is 215 Å². The van der Waals surface area contributed by atoms with Crippen LogP contribution < -0.4 is 0 Å². The van der Waals surface area contributed by atoms with Crippen LogP contribution in [0.5, 0.6) is 0 Å². The number of rotatable bonds is 4. The van der Waals surface area contributed by atoms with E-state index in [0.29, 0.717) is 31.3 Å². The number of hydrogen-bond donors (Lipinski definition) is 1. The largest absolute Gasteiger partial charge is 0.480 e. The summed E-state index contributed by atoms with van der Waals surface area (Å²) in [6, 6.07) is 9.20. The van der Waals surface area contributed by atoms with Gasteiger partial charge in [-0.2, -0.15) is 0 Å². The van der Waals surface area contributed by atoms with E-state index in [0.717, 1.165) is 44.1 Å². The molecule has 0 aromatic heterocycles. The van der Waals surface area contributed by atoms with Gasteiger partial charge in [-0.25, -0.2) is 14.4 Å². The van der Waals surface area contributed by atoms with Crippen molar-refractivity contribution >= 4 is 23.5 Å². The Morgan fingerprint density at radius 2 is 1.27 bits per heavy atom. The third-order valence-electron chi connectivity index (χ3n) is 7.21. The SMILES string of the molecule is O=C1OC2(CCCCC2)OC(=O)C1=CC=C(C=CC1=C(O)OC2(CCCCC2)OC1=O)c1ccccc1. The highest BCUT2D eigenvalue weighted by molar-refractivity contribution is 6.15. The molecule has 2 heterocycles. The molecule has 3 fully saturated rings. The van der Waals surface area contributed by atoms with Gasteiger partial charge in [0.15, 0.2) is 0 Å². The lowest BCUT2D eigenvalue weighted by atomic mass is 9.93. The van der Waals surface area contributed by atoms with Crippen LogP contribution in [0, 0.1) is 0 Å². The lowest BCUT2D eigenvalue weighted by Gasteiger charge is -2.38. The lowest BCUT2D eigenvalue weighted by Crippen LogP contribution is -2.47. The maximum absolute atomic E-state index is 12.7. The number of hydrogen-bond acceptors (Lipinski definition) is 8. The molecule has 2 aliphatic carbocycles. The van der Waals surface area contributed by atoms with Crippen molar-refractivity contribution in [3.8, 4) is 0 Å². The quantitative estimate of drug-likeness (QED) is 0.253. The summed E-state index contributed by atoms with van der Waals surface area (Å²) in [5.41, 5.74) is 1.00. The summed E-state index contributed by atoms with van der Waals surface area (Å²) in [5, 5.41) is 10.5. The molecule has 8 nitrogen and oxygen atoms in total. The lowest BCUT2D eigenvalue weighted by molar-refractivity contribution is -0.249. The predicted molar refractivity (Wildman–Crippen MR) is 132 cm³/mol. The predicted octanol–water partition coefficient (Wildman–Crippen LogP) is 5.32. The van der Waals surface area contributed by atoms with Gasteiger partial charge in [0.1, 0.15) is 11.1 Å². The minimum atomic E-state index is -1.16. The Morgan fingerprint density at radius 1 is 0.730 bits per heavy atom. The van der Waals surface area contributed by atoms with E-state index in [4.69, 9.17) is 18.9 Å². The summed E-state index contributed by atoms with van der Waals surface area (Å²) in [6.07, 6.45) is 13.4. The summed E-state index contributed by atoms with van der Waals surface area (Å²) in [5.74, 6) is -4.82. The molecule has 0 unspecified atom stereocenters. The summed E-state index contributed by atoms with van der Waals surface area (Å²) in [6.45, 7) is 0. The van der Waals surface area contributed by atoms with E-state index in [9.17, 15) is 19.5 Å². The van der Waals surface area contributed by atoms with Crippen LogP contribution in [0.25, 0.3) is 5.57 Å². The molecule has 2 aliphatic heterocycles. The zero-order valence-corrected chi connectivity index (χ0v) is 20.6. The summed E-state index contributed by atoms with van der Waals surface area (Å²) in [7, 11) is 0. The highest BCUT2D eigenvalue weighted by Gasteiger charge is 2.47. The number of esters is 3. The molecule has 2 spiro atoms. The third kappa shape index (κ3) is 5.33. The van der Waals surface area contributed by atoms with Crippen molar-refractivity contribution in [1.29, 1.82) is 0 Å². The van der Waals surface area contributed by atoms with Gasteiger partial charge in [-0.3, -0.25) is 0 Å². The fraction of sp³-hybridized carbons (Fsp3) is 0.414. The summed E-state index contributed by atoms with van der Waals surface area (Å²) < 4.78 is 22.4. The first-order valence-electron chi connectivity index (χ1n) is 12.9. The fourth-order valence-corrected chi connectivity index (χ4v) is 5.20. The minimum Gasteiger partial charge on any atom is -0.480 e. The Hall–Kier alpha value is -3.81. The van der Waals surface area contributed by atoms with Crippen molar-refractivity contribution in [3.63, 3.8) is 0 Å². The molecular formula is C29H30O8. The van der Waals surface area contributed by atoms with E-state index in [1.54, 1.807) is 12.2 Å². The molecule has 37 heavy (non-hydrogen) atoms. The van der Waals surface area contributed by atoms with E-state index in [-0.39, 0.29) is 11.1 Å². The van der Waals surface area contributed by atoms with Gasteiger partial charge >= 0.3 is 17.9 Å². The zero-order chi connectivity index (χ0) is 25.9. The Kier molecular flexibility index (Phi) is 6.91. The van der Waals surface area contributed by atoms with Crippen LogP contribution in [0.2, 0.25) is 0 Å². The fourth-order valence-electron chi connectivity index (χ4n) is 5.20. The minimum absolute atomic E-state index is 0.110. The molecule has 194 valence electrons. The topological polar surface area (TPSA) is 108 Å². The van der Waals surface area contributed by atoms with Crippen molar-refractivity contribution in [2.75, 3.05) is 0 Å². The molecule has 0 amide bonds. The molecule has 2 saturated carbocycles. The molecular weight excluding hydrogens is 476 g/mol. The summed E-state index contributed by atoms with van der Waals surface area (Å²) in [4.78, 5) is 38.2. The molecule has 1 saturated heterocycles. The van der Waals surface area contributed by atoms with Gasteiger partial charge in [-0.15, -0.1) is 0 Å². The molecule has 4 aliphatic rings. The average molecular weight is 507 g/mol. The van der Waals surface area contributed by atoms with Crippen LogP contribution in [-0.2, 0) is 33.3 Å². The highest BCUT2D eigenvalue weighted by atomic mass is 16.8. The number of allylic oxidation sites excluding steroid dienone is 4. The smallest absolute Gasteiger partial charge is 0.348 e. The number of carbonyl (C=O) groups excluding carboxylic acids is 3. The molecule has 1 aromatic carbocycles. The average Bonchev–Trinajstić information content (AvgIpc) is 2.88. The van der Waals surface area contributed by atoms with Crippen LogP contribution in [0.3, 0.4) is 0 Å². The molecule has 5 rings (SSSR count). The van der Waals surface area contributed by atoms with Gasteiger partial charge in [-0.05, 0) is 49.0 Å². The number of aliphatic hydroxyl groups is 1. The van der Waals surface area contributed by atoms with Gasteiger partial charge in [0.25, 0.3) is 17.5 Å². The Bertz CT molecular complexity index is 1170. The molecule has 1 N–H and O–H groups in total. The van der Waals surface area contributed by atoms with Gasteiger partial charge < -0.3 is 24.1 Å². The number of aliphatic hydroxyl groups excluding tert-OH is 1. The molecule has 8 heteroatoms. The molecule has 0 bridgehead atoms. The second kappa shape index (κ2) is 10.3. The first-order chi connectivity index (χ1) is 17.9. The number of benzene rings is 1. The summed E-state index contributed by atoms with van der Waals surface area (Å²) >= 11 is 0. The molecule has 1 aromatic rings. The number of carbonyl (C=O) groups is 3. The maximum atomic E-state index is 12.7. The Morgan fingerprint density at radius 3 is 1.84 bits per heavy atom. The van der Waals surface area contributed by atoms with Crippen LogP contribution in [0.4, 0.5) is 0 Å². The Balaban J connectivity index is 1.41. The van der Waals surface area contributed by atoms with E-state index in [1.165, 1.54) is 12.2 Å². The van der Waals surface area contributed by atoms with E-state index in [1.807, 2.05) is 30.3 Å². The van der Waals surface area contributed by atoms with Crippen molar-refractivity contribution in [2.45, 2.75) is 75.8 Å². The van der Waals surface area contributed by atoms with Crippen molar-refractivity contribution in [1.82, 2.24) is 0 Å². The second-order valence-electron chi connectivity index (χ2n) is 9.83. The molecule has 0 radical (unpaired) electrons. The van der Waals surface area contributed by atoms with Gasteiger partial charge in [0.05, 0.1) is 0 Å². The van der Waals surface area contributed by atoms with E-state index >= 15 is 0 Å². The van der Waals surface area contributed by atoms with Crippen molar-refractivity contribution in [2.24, 2.45) is 0 Å². The first-order valence-corrected chi connectivity index (χ1v) is 12.9. The van der Waals surface area contributed by atoms with Gasteiger partial charge in [0.2, 0.25) is 0 Å². The maximum Gasteiger partial charge on any atom is 0.348 e. The van der Waals surface area contributed by atoms with Crippen LogP contribution in [0.15, 0.2) is 71.7 Å². The van der Waals surface area contributed by atoms with E-state index in [2.05, 4.69) is 0 Å². The normalized spacial score (nSPS) is 23.5. The van der Waals surface area contributed by atoms with Gasteiger partial charge in [-0.1, -0.05) is 55.3 Å². The zero-order valence-electron chi connectivity index (χ0n) is 20.6. The van der Waals surface area contributed by atoms with E-state index < -0.39 is 35.4 Å². The standard InChI is InChI=1S/C29H30O8/c30-24-22(25(31)35-28(34-24)16-6-2-7-17-28)14-12-21(20-10-4-1-5-11-20)13-15-23-26(32)36-29(37-27(23)33)18-8-3-9-19-29/h1,4-5,10-15,30H,2-3,6-9,16-19H2. The number of ether oxygens (including phenoxy) is 4. The molecule has 0 atom stereocenters. The van der Waals surface area contributed by atoms with Crippen LogP contribution >= 0.6 is 0 Å². The monoisotopic (exact) mass is 506 g/mol. The van der Waals surface area contributed by atoms with Crippen molar-refractivity contribution < 1.29 is 38.4 Å². The second-order valence-corrected chi connectivity index (χ2v) is 9.83. The van der Waals surface area contributed by atoms with Crippen LogP contribution in [0.1, 0.15) is 69.8 Å². The van der Waals surface area contributed by atoms with Crippen LogP contribution in [-0.4, -0.2) is 34.6 Å². The third-order valence-corrected chi connectivity index (χ3v) is 7.21. The van der Waals surface area contributed by atoms with Gasteiger partial charge in [0, 0.05) is 25.7 Å². The first kappa shape index (κ1) is 24.9. The highest BCUT2D eigenvalue weighted by Crippen LogP contribution is 2.39.